The van der Waals surface area contributed by atoms with Crippen molar-refractivity contribution >= 4 is 22.6 Å². The van der Waals surface area contributed by atoms with Crippen LogP contribution in [-0.2, 0) is 0 Å². The number of fused-ring (bicyclic) bond motifs is 1. The van der Waals surface area contributed by atoms with E-state index >= 15 is 0 Å². The molecule has 1 N–H and O–H groups in total. The van der Waals surface area contributed by atoms with E-state index in [4.69, 9.17) is 11.6 Å². The Morgan fingerprint density at radius 1 is 1.18 bits per heavy atom. The first-order valence-corrected chi connectivity index (χ1v) is 5.53. The average Bonchev–Trinajstić information content (AvgIpc) is 2.80. The van der Waals surface area contributed by atoms with Gasteiger partial charge in [-0.25, -0.2) is 15.0 Å². The van der Waals surface area contributed by atoms with Crippen LogP contribution in [0.25, 0.3) is 22.4 Å². The van der Waals surface area contributed by atoms with Crippen LogP contribution in [0.4, 0.5) is 0 Å². The molecular weight excluding hydrogens is 236 g/mol. The zero-order valence-electron chi connectivity index (χ0n) is 9.11. The predicted octanol–water partition coefficient (Wildman–Crippen LogP) is 2.98. The van der Waals surface area contributed by atoms with E-state index in [9.17, 15) is 0 Å². The van der Waals surface area contributed by atoms with Gasteiger partial charge >= 0.3 is 0 Å². The van der Waals surface area contributed by atoms with E-state index in [0.29, 0.717) is 0 Å². The van der Waals surface area contributed by atoms with Crippen molar-refractivity contribution in [3.05, 3.63) is 41.4 Å². The first-order chi connectivity index (χ1) is 8.25. The van der Waals surface area contributed by atoms with E-state index in [0.717, 1.165) is 33.0 Å². The third kappa shape index (κ3) is 1.66. The molecule has 0 fully saturated rings. The molecule has 0 aliphatic rings. The second-order valence-electron chi connectivity index (χ2n) is 3.78. The van der Waals surface area contributed by atoms with E-state index in [1.165, 1.54) is 6.33 Å². The second-order valence-corrected chi connectivity index (χ2v) is 4.19. The SMILES string of the molecule is Cc1c(Cl)ccc2[nH]c(-c3cncnc3)nc12. The van der Waals surface area contributed by atoms with Crippen molar-refractivity contribution in [2.24, 2.45) is 0 Å². The molecule has 0 saturated carbocycles. The van der Waals surface area contributed by atoms with E-state index in [1.807, 2.05) is 19.1 Å². The Morgan fingerprint density at radius 3 is 2.71 bits per heavy atom. The smallest absolute Gasteiger partial charge is 0.141 e. The molecule has 17 heavy (non-hydrogen) atoms. The number of nitrogens with one attached hydrogen (secondary N) is 1. The zero-order chi connectivity index (χ0) is 11.8. The molecule has 0 unspecified atom stereocenters. The van der Waals surface area contributed by atoms with Crippen LogP contribution in [-0.4, -0.2) is 19.9 Å². The van der Waals surface area contributed by atoms with Gasteiger partial charge in [-0.05, 0) is 24.6 Å². The maximum Gasteiger partial charge on any atom is 0.141 e. The first-order valence-electron chi connectivity index (χ1n) is 5.16. The Kier molecular flexibility index (Phi) is 2.30. The Hall–Kier alpha value is -1.94. The van der Waals surface area contributed by atoms with E-state index in [-0.39, 0.29) is 0 Å². The van der Waals surface area contributed by atoms with Crippen LogP contribution in [0.2, 0.25) is 5.02 Å². The summed E-state index contributed by atoms with van der Waals surface area (Å²) in [5, 5.41) is 0.722. The molecule has 84 valence electrons. The van der Waals surface area contributed by atoms with Crippen molar-refractivity contribution in [1.82, 2.24) is 19.9 Å². The molecule has 0 saturated heterocycles. The van der Waals surface area contributed by atoms with Gasteiger partial charge in [-0.2, -0.15) is 0 Å². The number of aromatic nitrogens is 4. The molecule has 4 nitrogen and oxygen atoms in total. The molecule has 0 radical (unpaired) electrons. The lowest BCUT2D eigenvalue weighted by Gasteiger charge is -1.96. The normalized spacial score (nSPS) is 10.9. The summed E-state index contributed by atoms with van der Waals surface area (Å²) < 4.78 is 0. The molecule has 1 aromatic carbocycles. The van der Waals surface area contributed by atoms with Crippen molar-refractivity contribution in [2.75, 3.05) is 0 Å². The van der Waals surface area contributed by atoms with Crippen LogP contribution in [0.5, 0.6) is 0 Å². The van der Waals surface area contributed by atoms with Crippen LogP contribution in [0.15, 0.2) is 30.9 Å². The summed E-state index contributed by atoms with van der Waals surface area (Å²) in [6, 6.07) is 3.79. The number of aryl methyl sites for hydroxylation is 1. The highest BCUT2D eigenvalue weighted by molar-refractivity contribution is 6.32. The van der Waals surface area contributed by atoms with Crippen LogP contribution >= 0.6 is 11.6 Å². The van der Waals surface area contributed by atoms with Gasteiger partial charge in [-0.3, -0.25) is 0 Å². The Labute approximate surface area is 103 Å². The van der Waals surface area contributed by atoms with Crippen molar-refractivity contribution in [2.45, 2.75) is 6.92 Å². The highest BCUT2D eigenvalue weighted by Gasteiger charge is 2.09. The number of imidazole rings is 1. The van der Waals surface area contributed by atoms with E-state index < -0.39 is 0 Å². The quantitative estimate of drug-likeness (QED) is 0.716. The molecule has 2 heterocycles. The van der Waals surface area contributed by atoms with Crippen LogP contribution < -0.4 is 0 Å². The van der Waals surface area contributed by atoms with Crippen LogP contribution in [0.3, 0.4) is 0 Å². The standard InChI is InChI=1S/C12H9ClN4/c1-7-9(13)2-3-10-11(7)17-12(16-10)8-4-14-6-15-5-8/h2-6H,1H3,(H,16,17). The predicted molar refractivity (Wildman–Crippen MR) is 66.9 cm³/mol. The average molecular weight is 245 g/mol. The molecule has 0 bridgehead atoms. The molecule has 0 spiro atoms. The van der Waals surface area contributed by atoms with Crippen LogP contribution in [0.1, 0.15) is 5.56 Å². The summed E-state index contributed by atoms with van der Waals surface area (Å²) in [5.41, 5.74) is 3.69. The van der Waals surface area contributed by atoms with E-state index in [1.54, 1.807) is 12.4 Å². The summed E-state index contributed by atoms with van der Waals surface area (Å²) >= 11 is 6.06. The zero-order valence-corrected chi connectivity index (χ0v) is 9.86. The second kappa shape index (κ2) is 3.82. The van der Waals surface area contributed by atoms with Gasteiger partial charge < -0.3 is 4.98 Å². The first kappa shape index (κ1) is 10.2. The number of hydrogen-bond donors (Lipinski definition) is 1. The van der Waals surface area contributed by atoms with Gasteiger partial charge in [0.1, 0.15) is 12.2 Å². The maximum atomic E-state index is 6.06. The number of aromatic amines is 1. The summed E-state index contributed by atoms with van der Waals surface area (Å²) in [4.78, 5) is 15.7. The highest BCUT2D eigenvalue weighted by atomic mass is 35.5. The monoisotopic (exact) mass is 244 g/mol. The minimum Gasteiger partial charge on any atom is -0.338 e. The molecule has 2 aromatic heterocycles. The molecular formula is C12H9ClN4. The maximum absolute atomic E-state index is 6.06. The number of rotatable bonds is 1. The lowest BCUT2D eigenvalue weighted by Crippen LogP contribution is -1.83. The van der Waals surface area contributed by atoms with Gasteiger partial charge in [0.2, 0.25) is 0 Å². The number of halogens is 1. The van der Waals surface area contributed by atoms with Gasteiger partial charge in [0.05, 0.1) is 16.6 Å². The molecule has 0 atom stereocenters. The molecule has 0 amide bonds. The summed E-state index contributed by atoms with van der Waals surface area (Å²) in [6.07, 6.45) is 4.94. The molecule has 0 aliphatic heterocycles. The Bertz CT molecular complexity index is 676. The Balaban J connectivity index is 2.24. The van der Waals surface area contributed by atoms with Crippen molar-refractivity contribution < 1.29 is 0 Å². The molecule has 5 heteroatoms. The molecule has 3 rings (SSSR count). The topological polar surface area (TPSA) is 54.5 Å². The highest BCUT2D eigenvalue weighted by Crippen LogP contribution is 2.26. The lowest BCUT2D eigenvalue weighted by atomic mass is 10.2. The van der Waals surface area contributed by atoms with Crippen LogP contribution in [0, 0.1) is 6.92 Å². The number of nitrogens with zero attached hydrogens (tertiary/aromatic N) is 3. The summed E-state index contributed by atoms with van der Waals surface area (Å²) in [6.45, 7) is 1.96. The van der Waals surface area contributed by atoms with Crippen molar-refractivity contribution in [3.8, 4) is 11.4 Å². The molecule has 3 aromatic rings. The van der Waals surface area contributed by atoms with Gasteiger partial charge in [0.25, 0.3) is 0 Å². The van der Waals surface area contributed by atoms with Gasteiger partial charge in [0.15, 0.2) is 0 Å². The number of benzene rings is 1. The fourth-order valence-electron chi connectivity index (χ4n) is 1.75. The van der Waals surface area contributed by atoms with Gasteiger partial charge in [-0.15, -0.1) is 0 Å². The van der Waals surface area contributed by atoms with Crippen molar-refractivity contribution in [1.29, 1.82) is 0 Å². The van der Waals surface area contributed by atoms with Crippen molar-refractivity contribution in [3.63, 3.8) is 0 Å². The summed E-state index contributed by atoms with van der Waals surface area (Å²) in [5.74, 6) is 0.756. The van der Waals surface area contributed by atoms with E-state index in [2.05, 4.69) is 19.9 Å². The minimum absolute atomic E-state index is 0.722. The van der Waals surface area contributed by atoms with Gasteiger partial charge in [-0.1, -0.05) is 11.6 Å². The lowest BCUT2D eigenvalue weighted by molar-refractivity contribution is 1.15. The Morgan fingerprint density at radius 2 is 1.94 bits per heavy atom. The summed E-state index contributed by atoms with van der Waals surface area (Å²) in [7, 11) is 0. The van der Waals surface area contributed by atoms with Gasteiger partial charge in [0, 0.05) is 17.4 Å². The fourth-order valence-corrected chi connectivity index (χ4v) is 1.90. The largest absolute Gasteiger partial charge is 0.338 e. The third-order valence-corrected chi connectivity index (χ3v) is 3.09. The number of hydrogen-bond acceptors (Lipinski definition) is 3. The molecule has 0 aliphatic carbocycles. The minimum atomic E-state index is 0.722. The third-order valence-electron chi connectivity index (χ3n) is 2.68. The number of H-pyrrole nitrogens is 1. The fraction of sp³-hybridized carbons (Fsp3) is 0.0833.